The van der Waals surface area contributed by atoms with Gasteiger partial charge in [0.05, 0.1) is 11.7 Å². The Morgan fingerprint density at radius 2 is 2.33 bits per heavy atom. The van der Waals surface area contributed by atoms with Gasteiger partial charge in [-0.15, -0.1) is 0 Å². The summed E-state index contributed by atoms with van der Waals surface area (Å²) in [5.74, 6) is 0.249. The molecule has 2 unspecified atom stereocenters. The fraction of sp³-hybridized carbons (Fsp3) is 0.462. The van der Waals surface area contributed by atoms with Crippen molar-refractivity contribution in [2.75, 3.05) is 13.1 Å². The number of nitrogens with zero attached hydrogens (tertiary/aromatic N) is 1. The highest BCUT2D eigenvalue weighted by atomic mass is 127. The molecule has 3 nitrogen and oxygen atoms in total. The molecule has 1 fully saturated rings. The summed E-state index contributed by atoms with van der Waals surface area (Å²) in [6.07, 6.45) is 0.535. The van der Waals surface area contributed by atoms with Gasteiger partial charge in [-0.2, -0.15) is 0 Å². The molecule has 0 bridgehead atoms. The molecule has 1 aliphatic rings. The van der Waals surface area contributed by atoms with Crippen molar-refractivity contribution in [1.29, 1.82) is 0 Å². The van der Waals surface area contributed by atoms with E-state index >= 15 is 0 Å². The minimum atomic E-state index is -0.345. The van der Waals surface area contributed by atoms with Crippen LogP contribution in [0.2, 0.25) is 0 Å². The van der Waals surface area contributed by atoms with Crippen LogP contribution in [0, 0.1) is 9.49 Å². The molecule has 0 aromatic heterocycles. The Labute approximate surface area is 129 Å². The smallest absolute Gasteiger partial charge is 0.255 e. The topological polar surface area (TPSA) is 40.5 Å². The maximum absolute atomic E-state index is 12.4. The van der Waals surface area contributed by atoms with Gasteiger partial charge >= 0.3 is 0 Å². The fourth-order valence-corrected chi connectivity index (χ4v) is 3.10. The molecule has 1 aromatic carbocycles. The third-order valence-electron chi connectivity index (χ3n) is 3.35. The van der Waals surface area contributed by atoms with Crippen LogP contribution in [0.15, 0.2) is 22.7 Å². The molecular weight excluding hydrogens is 409 g/mol. The summed E-state index contributed by atoms with van der Waals surface area (Å²) in [6.45, 7) is 3.17. The van der Waals surface area contributed by atoms with Crippen LogP contribution in [-0.4, -0.2) is 35.1 Å². The number of carbonyl (C=O) groups is 1. The summed E-state index contributed by atoms with van der Waals surface area (Å²) in [5.41, 5.74) is 0.702. The number of carbonyl (C=O) groups excluding carboxylic acids is 1. The van der Waals surface area contributed by atoms with E-state index in [0.29, 0.717) is 12.1 Å². The molecule has 0 aliphatic carbocycles. The third kappa shape index (κ3) is 3.05. The number of aliphatic hydroxyl groups is 1. The lowest BCUT2D eigenvalue weighted by Crippen LogP contribution is -2.30. The van der Waals surface area contributed by atoms with Crippen molar-refractivity contribution in [1.82, 2.24) is 4.90 Å². The largest absolute Gasteiger partial charge is 0.393 e. The second-order valence-corrected chi connectivity index (χ2v) is 6.76. The standard InChI is InChI=1S/C13H15BrINO2/c1-8(17)9-4-5-16(7-9)13(18)11-6-10(15)2-3-12(11)14/h2-3,6,8-9,17H,4-5,7H2,1H3. The summed E-state index contributed by atoms with van der Waals surface area (Å²) in [5, 5.41) is 9.57. The van der Waals surface area contributed by atoms with Gasteiger partial charge in [-0.05, 0) is 70.1 Å². The number of amides is 1. The van der Waals surface area contributed by atoms with Crippen molar-refractivity contribution in [2.45, 2.75) is 19.4 Å². The first-order valence-corrected chi connectivity index (χ1v) is 7.78. The second kappa shape index (κ2) is 5.88. The van der Waals surface area contributed by atoms with Crippen LogP contribution in [0.25, 0.3) is 0 Å². The van der Waals surface area contributed by atoms with Crippen molar-refractivity contribution in [3.8, 4) is 0 Å². The van der Waals surface area contributed by atoms with Gasteiger partial charge in [-0.1, -0.05) is 0 Å². The molecule has 2 rings (SSSR count). The predicted molar refractivity (Wildman–Crippen MR) is 82.6 cm³/mol. The van der Waals surface area contributed by atoms with Gasteiger partial charge in [0.2, 0.25) is 0 Å². The zero-order chi connectivity index (χ0) is 13.3. The van der Waals surface area contributed by atoms with Crippen molar-refractivity contribution in [2.24, 2.45) is 5.92 Å². The molecule has 0 spiro atoms. The first-order chi connectivity index (χ1) is 8.49. The quantitative estimate of drug-likeness (QED) is 0.743. The first kappa shape index (κ1) is 14.3. The zero-order valence-corrected chi connectivity index (χ0v) is 13.8. The Morgan fingerprint density at radius 3 is 2.94 bits per heavy atom. The number of likely N-dealkylation sites (tertiary alicyclic amines) is 1. The van der Waals surface area contributed by atoms with E-state index in [9.17, 15) is 9.90 Å². The van der Waals surface area contributed by atoms with E-state index in [-0.39, 0.29) is 17.9 Å². The van der Waals surface area contributed by atoms with Gasteiger partial charge in [-0.3, -0.25) is 4.79 Å². The lowest BCUT2D eigenvalue weighted by molar-refractivity contribution is 0.0761. The van der Waals surface area contributed by atoms with Gasteiger partial charge in [0.15, 0.2) is 0 Å². The van der Waals surface area contributed by atoms with Crippen LogP contribution < -0.4 is 0 Å². The number of hydrogen-bond donors (Lipinski definition) is 1. The second-order valence-electron chi connectivity index (χ2n) is 4.66. The van der Waals surface area contributed by atoms with Crippen LogP contribution in [0.4, 0.5) is 0 Å². The Bertz CT molecular complexity index is 464. The number of benzene rings is 1. The van der Waals surface area contributed by atoms with E-state index in [1.165, 1.54) is 0 Å². The van der Waals surface area contributed by atoms with Gasteiger partial charge in [0.25, 0.3) is 5.91 Å². The molecule has 98 valence electrons. The zero-order valence-electron chi connectivity index (χ0n) is 10.1. The molecular formula is C13H15BrINO2. The van der Waals surface area contributed by atoms with E-state index in [1.54, 1.807) is 6.92 Å². The predicted octanol–water partition coefficient (Wildman–Crippen LogP) is 2.90. The number of aliphatic hydroxyl groups excluding tert-OH is 1. The molecule has 1 saturated heterocycles. The summed E-state index contributed by atoms with van der Waals surface area (Å²) < 4.78 is 1.87. The molecule has 0 radical (unpaired) electrons. The Kier molecular flexibility index (Phi) is 4.66. The molecule has 1 N–H and O–H groups in total. The maximum Gasteiger partial charge on any atom is 0.255 e. The highest BCUT2D eigenvalue weighted by Gasteiger charge is 2.30. The van der Waals surface area contributed by atoms with Crippen molar-refractivity contribution < 1.29 is 9.90 Å². The number of rotatable bonds is 2. The molecule has 1 heterocycles. The molecule has 1 aromatic rings. The van der Waals surface area contributed by atoms with Crippen molar-refractivity contribution >= 4 is 44.4 Å². The van der Waals surface area contributed by atoms with E-state index < -0.39 is 0 Å². The highest BCUT2D eigenvalue weighted by molar-refractivity contribution is 14.1. The summed E-state index contributed by atoms with van der Waals surface area (Å²) in [4.78, 5) is 14.2. The van der Waals surface area contributed by atoms with Crippen LogP contribution in [-0.2, 0) is 0 Å². The molecule has 5 heteroatoms. The van der Waals surface area contributed by atoms with Crippen LogP contribution in [0.3, 0.4) is 0 Å². The molecule has 0 saturated carbocycles. The Balaban J connectivity index is 2.15. The Hall–Kier alpha value is -0.140. The lowest BCUT2D eigenvalue weighted by Gasteiger charge is -2.18. The monoisotopic (exact) mass is 423 g/mol. The van der Waals surface area contributed by atoms with Crippen LogP contribution in [0.5, 0.6) is 0 Å². The highest BCUT2D eigenvalue weighted by Crippen LogP contribution is 2.25. The van der Waals surface area contributed by atoms with Crippen LogP contribution in [0.1, 0.15) is 23.7 Å². The van der Waals surface area contributed by atoms with E-state index in [4.69, 9.17) is 0 Å². The van der Waals surface area contributed by atoms with E-state index in [0.717, 1.165) is 21.0 Å². The first-order valence-electron chi connectivity index (χ1n) is 5.91. The maximum atomic E-state index is 12.4. The average molecular weight is 424 g/mol. The third-order valence-corrected chi connectivity index (χ3v) is 4.72. The summed E-state index contributed by atoms with van der Waals surface area (Å²) in [6, 6.07) is 5.75. The van der Waals surface area contributed by atoms with E-state index in [1.807, 2.05) is 23.1 Å². The molecule has 1 amide bonds. The van der Waals surface area contributed by atoms with Crippen molar-refractivity contribution in [3.05, 3.63) is 31.8 Å². The van der Waals surface area contributed by atoms with Crippen molar-refractivity contribution in [3.63, 3.8) is 0 Å². The Morgan fingerprint density at radius 1 is 1.61 bits per heavy atom. The lowest BCUT2D eigenvalue weighted by atomic mass is 10.0. The summed E-state index contributed by atoms with van der Waals surface area (Å²) >= 11 is 5.62. The van der Waals surface area contributed by atoms with Crippen LogP contribution >= 0.6 is 38.5 Å². The number of halogens is 2. The molecule has 18 heavy (non-hydrogen) atoms. The minimum Gasteiger partial charge on any atom is -0.393 e. The van der Waals surface area contributed by atoms with Gasteiger partial charge in [0, 0.05) is 27.1 Å². The fourth-order valence-electron chi connectivity index (χ4n) is 2.20. The van der Waals surface area contributed by atoms with Gasteiger partial charge in [0.1, 0.15) is 0 Å². The molecule has 1 aliphatic heterocycles. The van der Waals surface area contributed by atoms with Gasteiger partial charge < -0.3 is 10.0 Å². The van der Waals surface area contributed by atoms with Gasteiger partial charge in [-0.25, -0.2) is 0 Å². The average Bonchev–Trinajstić information content (AvgIpc) is 2.81. The summed E-state index contributed by atoms with van der Waals surface area (Å²) in [7, 11) is 0. The van der Waals surface area contributed by atoms with E-state index in [2.05, 4.69) is 38.5 Å². The normalized spacial score (nSPS) is 21.1. The number of hydrogen-bond acceptors (Lipinski definition) is 2. The molecule has 2 atom stereocenters. The minimum absolute atomic E-state index is 0.0449. The SMILES string of the molecule is CC(O)C1CCN(C(=O)c2cc(I)ccc2Br)C1.